The number of carbonyl (C=O) groups is 2. The number of hydrogen-bond donors (Lipinski definition) is 1. The fourth-order valence-corrected chi connectivity index (χ4v) is 1.30. The Morgan fingerprint density at radius 3 is 2.62 bits per heavy atom. The van der Waals surface area contributed by atoms with Crippen molar-refractivity contribution in [1.82, 2.24) is 5.32 Å². The summed E-state index contributed by atoms with van der Waals surface area (Å²) in [5.41, 5.74) is 0.828. The van der Waals surface area contributed by atoms with E-state index in [4.69, 9.17) is 9.47 Å². The molecule has 1 rings (SSSR count). The maximum atomic E-state index is 11.4. The van der Waals surface area contributed by atoms with E-state index in [0.717, 1.165) is 5.56 Å². The fourth-order valence-electron chi connectivity index (χ4n) is 1.30. The topological polar surface area (TPSA) is 73.9 Å². The number of methoxy groups -OCH3 is 1. The highest BCUT2D eigenvalue weighted by Gasteiger charge is 2.04. The van der Waals surface area contributed by atoms with E-state index < -0.39 is 12.1 Å². The van der Waals surface area contributed by atoms with Crippen LogP contribution in [-0.4, -0.2) is 32.4 Å². The molecule has 0 bridgehead atoms. The lowest BCUT2D eigenvalue weighted by Gasteiger charge is -2.04. The SMILES string of the molecule is C=CCOCC(=O)Oc1ccc(/C=C/NC(=O)OC)cc1. The molecule has 0 saturated heterocycles. The standard InChI is InChI=1S/C15H17NO5/c1-3-10-20-11-14(17)21-13-6-4-12(5-7-13)8-9-16-15(18)19-2/h3-9H,1,10-11H2,2H3,(H,16,18)/b9-8+. The molecule has 0 aliphatic heterocycles. The van der Waals surface area contributed by atoms with Gasteiger partial charge in [0.2, 0.25) is 0 Å². The number of rotatable bonds is 7. The van der Waals surface area contributed by atoms with Crippen LogP contribution in [0.5, 0.6) is 5.75 Å². The zero-order valence-electron chi connectivity index (χ0n) is 11.7. The summed E-state index contributed by atoms with van der Waals surface area (Å²) >= 11 is 0. The number of hydrogen-bond acceptors (Lipinski definition) is 5. The number of carbonyl (C=O) groups excluding carboxylic acids is 2. The summed E-state index contributed by atoms with van der Waals surface area (Å²) in [6.07, 6.45) is 4.14. The van der Waals surface area contributed by atoms with E-state index in [-0.39, 0.29) is 6.61 Å². The molecule has 1 N–H and O–H groups in total. The van der Waals surface area contributed by atoms with E-state index in [9.17, 15) is 9.59 Å². The molecule has 1 amide bonds. The van der Waals surface area contributed by atoms with Gasteiger partial charge < -0.3 is 14.2 Å². The molecule has 0 spiro atoms. The van der Waals surface area contributed by atoms with Crippen LogP contribution in [0.2, 0.25) is 0 Å². The Bertz CT molecular complexity index is 507. The molecule has 0 aromatic heterocycles. The lowest BCUT2D eigenvalue weighted by atomic mass is 10.2. The first-order valence-corrected chi connectivity index (χ1v) is 6.16. The Kier molecular flexibility index (Phi) is 7.31. The van der Waals surface area contributed by atoms with Crippen LogP contribution in [0.3, 0.4) is 0 Å². The molecule has 112 valence electrons. The van der Waals surface area contributed by atoms with Gasteiger partial charge in [-0.25, -0.2) is 9.59 Å². The van der Waals surface area contributed by atoms with Crippen LogP contribution in [-0.2, 0) is 14.3 Å². The Morgan fingerprint density at radius 2 is 2.00 bits per heavy atom. The predicted molar refractivity (Wildman–Crippen MR) is 77.7 cm³/mol. The van der Waals surface area contributed by atoms with Gasteiger partial charge in [0.05, 0.1) is 13.7 Å². The summed E-state index contributed by atoms with van der Waals surface area (Å²) in [6, 6.07) is 6.76. The zero-order valence-corrected chi connectivity index (χ0v) is 11.7. The predicted octanol–water partition coefficient (Wildman–Crippen LogP) is 2.12. The van der Waals surface area contributed by atoms with Gasteiger partial charge in [-0.15, -0.1) is 6.58 Å². The average Bonchev–Trinajstić information content (AvgIpc) is 2.49. The lowest BCUT2D eigenvalue weighted by Crippen LogP contribution is -2.16. The normalized spacial score (nSPS) is 10.1. The van der Waals surface area contributed by atoms with Gasteiger partial charge in [0.25, 0.3) is 0 Å². The lowest BCUT2D eigenvalue weighted by molar-refractivity contribution is -0.139. The van der Waals surface area contributed by atoms with Crippen LogP contribution < -0.4 is 10.1 Å². The van der Waals surface area contributed by atoms with Crippen molar-refractivity contribution in [1.29, 1.82) is 0 Å². The van der Waals surface area contributed by atoms with Crippen LogP contribution in [0, 0.1) is 0 Å². The van der Waals surface area contributed by atoms with Gasteiger partial charge in [-0.3, -0.25) is 5.32 Å². The molecule has 0 radical (unpaired) electrons. The molecule has 21 heavy (non-hydrogen) atoms. The third-order valence-electron chi connectivity index (χ3n) is 2.23. The largest absolute Gasteiger partial charge is 0.453 e. The third kappa shape index (κ3) is 6.93. The van der Waals surface area contributed by atoms with Crippen molar-refractivity contribution < 1.29 is 23.8 Å². The minimum atomic E-state index is -0.545. The molecule has 0 aliphatic rings. The van der Waals surface area contributed by atoms with Crippen molar-refractivity contribution in [2.45, 2.75) is 0 Å². The Balaban J connectivity index is 2.44. The van der Waals surface area contributed by atoms with Crippen molar-refractivity contribution in [3.8, 4) is 5.75 Å². The van der Waals surface area contributed by atoms with E-state index in [1.165, 1.54) is 13.3 Å². The number of esters is 1. The van der Waals surface area contributed by atoms with E-state index in [0.29, 0.717) is 12.4 Å². The third-order valence-corrected chi connectivity index (χ3v) is 2.23. The number of alkyl carbamates (subject to hydrolysis) is 1. The van der Waals surface area contributed by atoms with Crippen LogP contribution >= 0.6 is 0 Å². The van der Waals surface area contributed by atoms with Gasteiger partial charge in [-0.2, -0.15) is 0 Å². The van der Waals surface area contributed by atoms with Gasteiger partial charge >= 0.3 is 12.1 Å². The summed E-state index contributed by atoms with van der Waals surface area (Å²) in [4.78, 5) is 22.2. The van der Waals surface area contributed by atoms with Gasteiger partial charge in [-0.05, 0) is 23.8 Å². The van der Waals surface area contributed by atoms with Crippen molar-refractivity contribution in [2.24, 2.45) is 0 Å². The highest BCUT2D eigenvalue weighted by Crippen LogP contribution is 2.13. The minimum absolute atomic E-state index is 0.128. The molecule has 0 aliphatic carbocycles. The van der Waals surface area contributed by atoms with Crippen LogP contribution in [0.15, 0.2) is 43.1 Å². The highest BCUT2D eigenvalue weighted by atomic mass is 16.6. The first kappa shape index (κ1) is 16.5. The second-order valence-corrected chi connectivity index (χ2v) is 3.82. The molecule has 0 fully saturated rings. The van der Waals surface area contributed by atoms with Crippen molar-refractivity contribution >= 4 is 18.1 Å². The molecule has 0 saturated carbocycles. The molecule has 1 aromatic carbocycles. The zero-order chi connectivity index (χ0) is 15.5. The van der Waals surface area contributed by atoms with Gasteiger partial charge in [0.15, 0.2) is 0 Å². The quantitative estimate of drug-likeness (QED) is 0.360. The Morgan fingerprint density at radius 1 is 1.29 bits per heavy atom. The summed E-state index contributed by atoms with van der Waals surface area (Å²) < 4.78 is 14.4. The number of ether oxygens (including phenoxy) is 3. The molecular formula is C15H17NO5. The second kappa shape index (κ2) is 9.33. The van der Waals surface area contributed by atoms with Crippen LogP contribution in [0.4, 0.5) is 4.79 Å². The van der Waals surface area contributed by atoms with Gasteiger partial charge in [0.1, 0.15) is 12.4 Å². The average molecular weight is 291 g/mol. The molecular weight excluding hydrogens is 274 g/mol. The Hall–Kier alpha value is -2.60. The number of nitrogens with one attached hydrogen (secondary N) is 1. The maximum absolute atomic E-state index is 11.4. The van der Waals surface area contributed by atoms with Crippen molar-refractivity contribution in [3.05, 3.63) is 48.7 Å². The van der Waals surface area contributed by atoms with Gasteiger partial charge in [-0.1, -0.05) is 18.2 Å². The summed E-state index contributed by atoms with van der Waals surface area (Å²) in [5.74, 6) is -0.0622. The van der Waals surface area contributed by atoms with E-state index in [1.807, 2.05) is 0 Å². The first-order valence-electron chi connectivity index (χ1n) is 6.16. The van der Waals surface area contributed by atoms with Crippen LogP contribution in [0.1, 0.15) is 5.56 Å². The molecule has 1 aromatic rings. The molecule has 6 heteroatoms. The maximum Gasteiger partial charge on any atom is 0.410 e. The number of benzene rings is 1. The van der Waals surface area contributed by atoms with Crippen molar-refractivity contribution in [3.63, 3.8) is 0 Å². The van der Waals surface area contributed by atoms with Crippen molar-refractivity contribution in [2.75, 3.05) is 20.3 Å². The van der Waals surface area contributed by atoms with Gasteiger partial charge in [0, 0.05) is 6.20 Å². The van der Waals surface area contributed by atoms with E-state index >= 15 is 0 Å². The summed E-state index contributed by atoms with van der Waals surface area (Å²) in [7, 11) is 1.28. The molecule has 6 nitrogen and oxygen atoms in total. The molecule has 0 unspecified atom stereocenters. The first-order chi connectivity index (χ1) is 10.2. The minimum Gasteiger partial charge on any atom is -0.453 e. The molecule has 0 atom stereocenters. The number of amides is 1. The monoisotopic (exact) mass is 291 g/mol. The summed E-state index contributed by atoms with van der Waals surface area (Å²) in [5, 5.41) is 2.40. The summed E-state index contributed by atoms with van der Waals surface area (Å²) in [6.45, 7) is 3.64. The van der Waals surface area contributed by atoms with E-state index in [1.54, 1.807) is 36.4 Å². The second-order valence-electron chi connectivity index (χ2n) is 3.82. The Labute approximate surface area is 123 Å². The smallest absolute Gasteiger partial charge is 0.410 e. The van der Waals surface area contributed by atoms with E-state index in [2.05, 4.69) is 16.6 Å². The molecule has 0 heterocycles. The highest BCUT2D eigenvalue weighted by molar-refractivity contribution is 5.73. The fraction of sp³-hybridized carbons (Fsp3) is 0.200. The van der Waals surface area contributed by atoms with Crippen LogP contribution in [0.25, 0.3) is 6.08 Å².